The second-order valence-electron chi connectivity index (χ2n) is 6.55. The molecule has 0 aliphatic carbocycles. The molecule has 1 amide bonds. The van der Waals surface area contributed by atoms with E-state index in [0.29, 0.717) is 12.1 Å². The molecule has 0 saturated heterocycles. The summed E-state index contributed by atoms with van der Waals surface area (Å²) in [5, 5.41) is 2.89. The van der Waals surface area contributed by atoms with E-state index in [2.05, 4.69) is 31.1 Å². The van der Waals surface area contributed by atoms with Gasteiger partial charge in [0.1, 0.15) is 0 Å². The molecule has 0 bridgehead atoms. The highest BCUT2D eigenvalue weighted by atomic mass is 16.1. The minimum Gasteiger partial charge on any atom is -0.361 e. The molecular formula is C15H26N4O. The van der Waals surface area contributed by atoms with Crippen LogP contribution in [0.25, 0.3) is 0 Å². The number of hydrogen-bond acceptors (Lipinski definition) is 4. The van der Waals surface area contributed by atoms with E-state index in [4.69, 9.17) is 5.73 Å². The zero-order chi connectivity index (χ0) is 15.3. The van der Waals surface area contributed by atoms with Crippen molar-refractivity contribution in [2.45, 2.75) is 39.7 Å². The number of anilines is 2. The van der Waals surface area contributed by atoms with Gasteiger partial charge in [-0.05, 0) is 24.0 Å². The van der Waals surface area contributed by atoms with Crippen LogP contribution in [0.3, 0.4) is 0 Å². The maximum atomic E-state index is 12.0. The van der Waals surface area contributed by atoms with Crippen molar-refractivity contribution < 1.29 is 4.79 Å². The lowest BCUT2D eigenvalue weighted by molar-refractivity contribution is -0.116. The molecule has 20 heavy (non-hydrogen) atoms. The third-order valence-electron chi connectivity index (χ3n) is 2.81. The van der Waals surface area contributed by atoms with Crippen molar-refractivity contribution in [2.75, 3.05) is 24.3 Å². The Kier molecular flexibility index (Phi) is 5.51. The van der Waals surface area contributed by atoms with E-state index >= 15 is 0 Å². The number of carbonyl (C=O) groups is 1. The Balaban J connectivity index is 2.63. The Morgan fingerprint density at radius 2 is 2.10 bits per heavy atom. The van der Waals surface area contributed by atoms with E-state index in [9.17, 15) is 4.79 Å². The van der Waals surface area contributed by atoms with Gasteiger partial charge < -0.3 is 16.0 Å². The van der Waals surface area contributed by atoms with Gasteiger partial charge in [0.25, 0.3) is 0 Å². The highest BCUT2D eigenvalue weighted by molar-refractivity contribution is 5.93. The van der Waals surface area contributed by atoms with Gasteiger partial charge in [0.2, 0.25) is 5.91 Å². The van der Waals surface area contributed by atoms with Gasteiger partial charge in [-0.3, -0.25) is 4.79 Å². The molecule has 3 N–H and O–H groups in total. The first-order chi connectivity index (χ1) is 9.19. The highest BCUT2D eigenvalue weighted by Gasteiger charge is 2.18. The fourth-order valence-electron chi connectivity index (χ4n) is 2.15. The Bertz CT molecular complexity index is 451. The van der Waals surface area contributed by atoms with E-state index in [-0.39, 0.29) is 17.4 Å². The van der Waals surface area contributed by atoms with Crippen LogP contribution >= 0.6 is 0 Å². The van der Waals surface area contributed by atoms with Crippen LogP contribution in [-0.2, 0) is 4.79 Å². The minimum absolute atomic E-state index is 0.0714. The average molecular weight is 278 g/mol. The summed E-state index contributed by atoms with van der Waals surface area (Å²) >= 11 is 0. The van der Waals surface area contributed by atoms with Gasteiger partial charge in [0.15, 0.2) is 5.82 Å². The fraction of sp³-hybridized carbons (Fsp3) is 0.600. The zero-order valence-electron chi connectivity index (χ0n) is 13.1. The summed E-state index contributed by atoms with van der Waals surface area (Å²) in [5.41, 5.74) is 6.87. The maximum Gasteiger partial charge on any atom is 0.226 e. The summed E-state index contributed by atoms with van der Waals surface area (Å²) in [4.78, 5) is 18.2. The van der Waals surface area contributed by atoms with Crippen molar-refractivity contribution >= 4 is 17.4 Å². The first kappa shape index (κ1) is 16.4. The van der Waals surface area contributed by atoms with Crippen LogP contribution < -0.4 is 16.0 Å². The monoisotopic (exact) mass is 278 g/mol. The summed E-state index contributed by atoms with van der Waals surface area (Å²) in [7, 11) is 3.78. The molecule has 1 unspecified atom stereocenters. The van der Waals surface area contributed by atoms with Crippen LogP contribution in [0.4, 0.5) is 11.5 Å². The molecular weight excluding hydrogens is 252 g/mol. The molecule has 0 spiro atoms. The zero-order valence-corrected chi connectivity index (χ0v) is 13.1. The van der Waals surface area contributed by atoms with E-state index in [0.717, 1.165) is 12.2 Å². The van der Waals surface area contributed by atoms with Gasteiger partial charge in [0, 0.05) is 32.8 Å². The van der Waals surface area contributed by atoms with E-state index in [1.165, 1.54) is 0 Å². The number of nitrogens with one attached hydrogen (secondary N) is 1. The Morgan fingerprint density at radius 1 is 1.45 bits per heavy atom. The molecule has 1 rings (SSSR count). The molecule has 0 radical (unpaired) electrons. The van der Waals surface area contributed by atoms with Gasteiger partial charge in [-0.2, -0.15) is 0 Å². The normalized spacial score (nSPS) is 12.9. The summed E-state index contributed by atoms with van der Waals surface area (Å²) in [6, 6.07) is 3.52. The second-order valence-corrected chi connectivity index (χ2v) is 6.55. The van der Waals surface area contributed by atoms with Gasteiger partial charge in [-0.1, -0.05) is 20.8 Å². The lowest BCUT2D eigenvalue weighted by Crippen LogP contribution is -2.31. The SMILES string of the molecule is CN(C)c1ncccc1NC(=O)CC(N)CC(C)(C)C. The molecule has 1 aromatic rings. The van der Waals surface area contributed by atoms with E-state index in [1.54, 1.807) is 12.3 Å². The average Bonchev–Trinajstić information content (AvgIpc) is 2.26. The first-order valence-corrected chi connectivity index (χ1v) is 6.87. The van der Waals surface area contributed by atoms with Crippen LogP contribution in [0.5, 0.6) is 0 Å². The molecule has 0 aliphatic heterocycles. The molecule has 1 atom stereocenters. The molecule has 1 heterocycles. The summed E-state index contributed by atoms with van der Waals surface area (Å²) in [6.07, 6.45) is 2.84. The predicted octanol–water partition coefficient (Wildman–Crippen LogP) is 2.24. The smallest absolute Gasteiger partial charge is 0.226 e. The predicted molar refractivity (Wildman–Crippen MR) is 83.9 cm³/mol. The summed E-state index contributed by atoms with van der Waals surface area (Å²) in [5.74, 6) is 0.670. The Labute approximate surface area is 121 Å². The number of nitrogens with two attached hydrogens (primary N) is 1. The quantitative estimate of drug-likeness (QED) is 0.866. The van der Waals surface area contributed by atoms with E-state index in [1.807, 2.05) is 25.1 Å². The molecule has 0 fully saturated rings. The van der Waals surface area contributed by atoms with Crippen LogP contribution in [0.2, 0.25) is 0 Å². The van der Waals surface area contributed by atoms with Crippen molar-refractivity contribution in [1.29, 1.82) is 0 Å². The Hall–Kier alpha value is -1.62. The fourth-order valence-corrected chi connectivity index (χ4v) is 2.15. The standard InChI is InChI=1S/C15H26N4O/c1-15(2,3)10-11(16)9-13(20)18-12-7-6-8-17-14(12)19(4)5/h6-8,11H,9-10,16H2,1-5H3,(H,18,20). The lowest BCUT2D eigenvalue weighted by atomic mass is 9.87. The third kappa shape index (κ3) is 5.57. The molecule has 5 heteroatoms. The van der Waals surface area contributed by atoms with Gasteiger partial charge in [0.05, 0.1) is 5.69 Å². The maximum absolute atomic E-state index is 12.0. The summed E-state index contributed by atoms with van der Waals surface area (Å²) < 4.78 is 0. The topological polar surface area (TPSA) is 71.2 Å². The van der Waals surface area contributed by atoms with Crippen molar-refractivity contribution in [1.82, 2.24) is 4.98 Å². The lowest BCUT2D eigenvalue weighted by Gasteiger charge is -2.23. The van der Waals surface area contributed by atoms with Crippen molar-refractivity contribution in [2.24, 2.45) is 11.1 Å². The van der Waals surface area contributed by atoms with Gasteiger partial charge in [-0.25, -0.2) is 4.98 Å². The molecule has 0 saturated carbocycles. The van der Waals surface area contributed by atoms with Crippen molar-refractivity contribution in [3.63, 3.8) is 0 Å². The number of pyridine rings is 1. The number of nitrogens with zero attached hydrogens (tertiary/aromatic N) is 2. The summed E-state index contributed by atoms with van der Waals surface area (Å²) in [6.45, 7) is 6.36. The Morgan fingerprint density at radius 3 is 2.65 bits per heavy atom. The molecule has 0 aliphatic rings. The number of rotatable bonds is 5. The van der Waals surface area contributed by atoms with Crippen molar-refractivity contribution in [3.8, 4) is 0 Å². The van der Waals surface area contributed by atoms with Crippen molar-refractivity contribution in [3.05, 3.63) is 18.3 Å². The molecule has 5 nitrogen and oxygen atoms in total. The number of hydrogen-bond donors (Lipinski definition) is 2. The highest BCUT2D eigenvalue weighted by Crippen LogP contribution is 2.23. The molecule has 0 aromatic carbocycles. The van der Waals surface area contributed by atoms with E-state index < -0.39 is 0 Å². The largest absolute Gasteiger partial charge is 0.361 e. The first-order valence-electron chi connectivity index (χ1n) is 6.87. The van der Waals surface area contributed by atoms with Crippen LogP contribution in [0, 0.1) is 5.41 Å². The van der Waals surface area contributed by atoms with Gasteiger partial charge in [-0.15, -0.1) is 0 Å². The third-order valence-corrected chi connectivity index (χ3v) is 2.81. The second kappa shape index (κ2) is 6.70. The van der Waals surface area contributed by atoms with Crippen LogP contribution in [0.1, 0.15) is 33.6 Å². The van der Waals surface area contributed by atoms with Crippen LogP contribution in [0.15, 0.2) is 18.3 Å². The molecule has 1 aromatic heterocycles. The minimum atomic E-state index is -0.130. The molecule has 112 valence electrons. The number of amides is 1. The van der Waals surface area contributed by atoms with Gasteiger partial charge >= 0.3 is 0 Å². The van der Waals surface area contributed by atoms with Crippen LogP contribution in [-0.4, -0.2) is 31.0 Å². The number of aromatic nitrogens is 1. The number of carbonyl (C=O) groups excluding carboxylic acids is 1.